The van der Waals surface area contributed by atoms with Crippen molar-refractivity contribution in [3.05, 3.63) is 47.0 Å². The van der Waals surface area contributed by atoms with Gasteiger partial charge in [0.2, 0.25) is 0 Å². The molecular formula is C22H24N4O5. The van der Waals surface area contributed by atoms with Crippen molar-refractivity contribution in [3.63, 3.8) is 0 Å². The molecule has 1 fully saturated rings. The Morgan fingerprint density at radius 3 is 2.65 bits per heavy atom. The van der Waals surface area contributed by atoms with Crippen LogP contribution in [0.15, 0.2) is 30.3 Å². The molecule has 0 unspecified atom stereocenters. The molecule has 9 heteroatoms. The van der Waals surface area contributed by atoms with Crippen LogP contribution in [0.3, 0.4) is 0 Å². The standard InChI is InChI=1S/C22H24N4O5/c1-29-19-11-14(21(27)30-2)8-7-13(19)9-15-10-16(12-18-20(15)25-26-24-18)23-22(28)31-17-5-3-4-6-17/h7-8,10-12,17H,3-6,9H2,1-2H3,(H,23,28)(H,24,25,26). The Labute approximate surface area is 179 Å². The first-order chi connectivity index (χ1) is 15.1. The average molecular weight is 424 g/mol. The number of fused-ring (bicyclic) bond motifs is 1. The molecule has 1 aliphatic carbocycles. The zero-order valence-electron chi connectivity index (χ0n) is 17.4. The fourth-order valence-electron chi connectivity index (χ4n) is 3.87. The lowest BCUT2D eigenvalue weighted by molar-refractivity contribution is 0.0600. The van der Waals surface area contributed by atoms with Crippen molar-refractivity contribution in [1.29, 1.82) is 0 Å². The molecule has 1 aromatic heterocycles. The van der Waals surface area contributed by atoms with Crippen LogP contribution in [0.1, 0.15) is 47.2 Å². The van der Waals surface area contributed by atoms with Crippen LogP contribution < -0.4 is 10.1 Å². The monoisotopic (exact) mass is 424 g/mol. The van der Waals surface area contributed by atoms with Gasteiger partial charge in [-0.15, -0.1) is 0 Å². The van der Waals surface area contributed by atoms with E-state index in [-0.39, 0.29) is 6.10 Å². The highest BCUT2D eigenvalue weighted by molar-refractivity contribution is 5.91. The molecule has 9 nitrogen and oxygen atoms in total. The van der Waals surface area contributed by atoms with Gasteiger partial charge in [0.05, 0.1) is 19.8 Å². The molecule has 31 heavy (non-hydrogen) atoms. The molecular weight excluding hydrogens is 400 g/mol. The second-order valence-corrected chi connectivity index (χ2v) is 7.46. The van der Waals surface area contributed by atoms with Crippen LogP contribution >= 0.6 is 0 Å². The molecule has 162 valence electrons. The summed E-state index contributed by atoms with van der Waals surface area (Å²) in [7, 11) is 2.88. The molecule has 2 aromatic carbocycles. The number of rotatable bonds is 6. The lowest BCUT2D eigenvalue weighted by atomic mass is 10.0. The van der Waals surface area contributed by atoms with Crippen LogP contribution in [0.2, 0.25) is 0 Å². The van der Waals surface area contributed by atoms with E-state index in [4.69, 9.17) is 14.2 Å². The van der Waals surface area contributed by atoms with Gasteiger partial charge < -0.3 is 14.2 Å². The van der Waals surface area contributed by atoms with Crippen molar-refractivity contribution >= 4 is 28.8 Å². The molecule has 0 atom stereocenters. The molecule has 0 bridgehead atoms. The Hall–Kier alpha value is -3.62. The topological polar surface area (TPSA) is 115 Å². The highest BCUT2D eigenvalue weighted by atomic mass is 16.6. The summed E-state index contributed by atoms with van der Waals surface area (Å²) in [5.41, 5.74) is 3.98. The van der Waals surface area contributed by atoms with E-state index in [1.807, 2.05) is 12.1 Å². The van der Waals surface area contributed by atoms with Crippen molar-refractivity contribution < 1.29 is 23.8 Å². The molecule has 4 rings (SSSR count). The number of H-pyrrole nitrogens is 1. The minimum Gasteiger partial charge on any atom is -0.496 e. The maximum atomic E-state index is 12.3. The molecule has 0 aliphatic heterocycles. The fraction of sp³-hybridized carbons (Fsp3) is 0.364. The molecule has 2 N–H and O–H groups in total. The van der Waals surface area contributed by atoms with Gasteiger partial charge in [0.25, 0.3) is 0 Å². The van der Waals surface area contributed by atoms with Gasteiger partial charge in [0.1, 0.15) is 22.9 Å². The minimum absolute atomic E-state index is 0.0205. The van der Waals surface area contributed by atoms with Crippen molar-refractivity contribution in [2.75, 3.05) is 19.5 Å². The number of aromatic nitrogens is 3. The Morgan fingerprint density at radius 1 is 1.10 bits per heavy atom. The third-order valence-electron chi connectivity index (χ3n) is 5.41. The lowest BCUT2D eigenvalue weighted by Gasteiger charge is -2.14. The van der Waals surface area contributed by atoms with E-state index in [0.29, 0.717) is 34.5 Å². The number of benzene rings is 2. The highest BCUT2D eigenvalue weighted by Crippen LogP contribution is 2.28. The summed E-state index contributed by atoms with van der Waals surface area (Å²) in [4.78, 5) is 24.1. The predicted octanol–water partition coefficient (Wildman–Crippen LogP) is 3.84. The van der Waals surface area contributed by atoms with Crippen LogP contribution in [-0.2, 0) is 15.9 Å². The first kappa shape index (κ1) is 20.6. The molecule has 1 amide bonds. The summed E-state index contributed by atoms with van der Waals surface area (Å²) in [6.07, 6.45) is 3.95. The number of hydrogen-bond acceptors (Lipinski definition) is 7. The summed E-state index contributed by atoms with van der Waals surface area (Å²) in [6.45, 7) is 0. The second kappa shape index (κ2) is 9.03. The second-order valence-electron chi connectivity index (χ2n) is 7.46. The largest absolute Gasteiger partial charge is 0.496 e. The Kier molecular flexibility index (Phi) is 6.01. The number of anilines is 1. The third-order valence-corrected chi connectivity index (χ3v) is 5.41. The summed E-state index contributed by atoms with van der Waals surface area (Å²) >= 11 is 0. The summed E-state index contributed by atoms with van der Waals surface area (Å²) in [5, 5.41) is 13.8. The number of ether oxygens (including phenoxy) is 3. The van der Waals surface area contributed by atoms with Crippen molar-refractivity contribution in [2.24, 2.45) is 0 Å². The number of nitrogens with zero attached hydrogens (tertiary/aromatic N) is 2. The van der Waals surface area contributed by atoms with E-state index >= 15 is 0 Å². The van der Waals surface area contributed by atoms with E-state index < -0.39 is 12.1 Å². The predicted molar refractivity (Wildman–Crippen MR) is 113 cm³/mol. The van der Waals surface area contributed by atoms with Crippen LogP contribution in [-0.4, -0.2) is 47.8 Å². The number of hydrogen-bond donors (Lipinski definition) is 2. The Balaban J connectivity index is 1.59. The van der Waals surface area contributed by atoms with Gasteiger partial charge in [0, 0.05) is 12.1 Å². The molecule has 1 heterocycles. The minimum atomic E-state index is -0.472. The number of aromatic amines is 1. The number of amides is 1. The smallest absolute Gasteiger partial charge is 0.411 e. The summed E-state index contributed by atoms with van der Waals surface area (Å²) in [6, 6.07) is 8.72. The number of methoxy groups -OCH3 is 2. The molecule has 3 aromatic rings. The van der Waals surface area contributed by atoms with Gasteiger partial charge in [-0.1, -0.05) is 6.07 Å². The first-order valence-electron chi connectivity index (χ1n) is 10.1. The van der Waals surface area contributed by atoms with E-state index in [9.17, 15) is 9.59 Å². The molecule has 1 aliphatic rings. The van der Waals surface area contributed by atoms with Crippen LogP contribution in [0.5, 0.6) is 5.75 Å². The SMILES string of the molecule is COC(=O)c1ccc(Cc2cc(NC(=O)OC3CCCC3)cc3n[nH]nc23)c(OC)c1. The molecule has 0 radical (unpaired) electrons. The van der Waals surface area contributed by atoms with E-state index in [1.54, 1.807) is 25.3 Å². The number of carbonyl (C=O) groups is 2. The van der Waals surface area contributed by atoms with Gasteiger partial charge in [-0.3, -0.25) is 5.32 Å². The van der Waals surface area contributed by atoms with Gasteiger partial charge in [-0.2, -0.15) is 15.4 Å². The molecule has 1 saturated carbocycles. The highest BCUT2D eigenvalue weighted by Gasteiger charge is 2.20. The summed E-state index contributed by atoms with van der Waals surface area (Å²) in [5.74, 6) is 0.120. The molecule has 0 saturated heterocycles. The maximum absolute atomic E-state index is 12.3. The van der Waals surface area contributed by atoms with E-state index in [0.717, 1.165) is 36.8 Å². The van der Waals surface area contributed by atoms with Gasteiger partial charge in [-0.05, 0) is 61.1 Å². The normalized spacial score (nSPS) is 13.9. The number of esters is 1. The van der Waals surface area contributed by atoms with Crippen LogP contribution in [0.4, 0.5) is 10.5 Å². The van der Waals surface area contributed by atoms with Gasteiger partial charge in [-0.25, -0.2) is 9.59 Å². The molecule has 0 spiro atoms. The number of nitrogens with one attached hydrogen (secondary N) is 2. The quantitative estimate of drug-likeness (QED) is 0.578. The van der Waals surface area contributed by atoms with E-state index in [2.05, 4.69) is 20.7 Å². The third kappa shape index (κ3) is 4.60. The van der Waals surface area contributed by atoms with Crippen LogP contribution in [0, 0.1) is 0 Å². The van der Waals surface area contributed by atoms with E-state index in [1.165, 1.54) is 7.11 Å². The van der Waals surface area contributed by atoms with Crippen molar-refractivity contribution in [3.8, 4) is 5.75 Å². The Bertz CT molecular complexity index is 1100. The zero-order chi connectivity index (χ0) is 21.8. The maximum Gasteiger partial charge on any atom is 0.411 e. The summed E-state index contributed by atoms with van der Waals surface area (Å²) < 4.78 is 15.7. The van der Waals surface area contributed by atoms with Gasteiger partial charge >= 0.3 is 12.1 Å². The van der Waals surface area contributed by atoms with Crippen LogP contribution in [0.25, 0.3) is 11.0 Å². The first-order valence-corrected chi connectivity index (χ1v) is 10.1. The van der Waals surface area contributed by atoms with Crippen molar-refractivity contribution in [2.45, 2.75) is 38.2 Å². The van der Waals surface area contributed by atoms with Crippen molar-refractivity contribution in [1.82, 2.24) is 15.4 Å². The lowest BCUT2D eigenvalue weighted by Crippen LogP contribution is -2.20. The Morgan fingerprint density at radius 2 is 1.90 bits per heavy atom. The van der Waals surface area contributed by atoms with Gasteiger partial charge in [0.15, 0.2) is 0 Å². The average Bonchev–Trinajstić information content (AvgIpc) is 3.45. The number of carbonyl (C=O) groups excluding carboxylic acids is 2. The fourth-order valence-corrected chi connectivity index (χ4v) is 3.87. The zero-order valence-corrected chi connectivity index (χ0v) is 17.4.